The minimum atomic E-state index is 0. The zero-order chi connectivity index (χ0) is 50.0. The molecule has 2 aliphatic carbocycles. The van der Waals surface area contributed by atoms with E-state index in [1.54, 1.807) is 0 Å². The topological polar surface area (TPSA) is 62.5 Å². The van der Waals surface area contributed by atoms with Gasteiger partial charge in [-0.15, -0.1) is 94.5 Å². The van der Waals surface area contributed by atoms with Gasteiger partial charge in [-0.25, -0.2) is 0 Å². The fraction of sp³-hybridized carbons (Fsp3) is 0.171. The molecular weight excluding hydrogens is 1090 g/mol. The zero-order valence-electron chi connectivity index (χ0n) is 42.4. The second kappa shape index (κ2) is 21.9. The third kappa shape index (κ3) is 10.7. The monoisotopic (exact) mass is 1140 g/mol. The van der Waals surface area contributed by atoms with Crippen molar-refractivity contribution in [2.45, 2.75) is 78.1 Å². The van der Waals surface area contributed by atoms with Crippen LogP contribution in [0.4, 0.5) is 0 Å². The van der Waals surface area contributed by atoms with Crippen LogP contribution in [0.15, 0.2) is 176 Å². The molecule has 0 fully saturated rings. The van der Waals surface area contributed by atoms with E-state index in [1.165, 1.54) is 68.5 Å². The molecule has 0 unspecified atom stereocenters. The second-order valence-electron chi connectivity index (χ2n) is 20.3. The summed E-state index contributed by atoms with van der Waals surface area (Å²) in [6.45, 7) is 4.06. The Bertz CT molecular complexity index is 3610. The van der Waals surface area contributed by atoms with E-state index in [0.29, 0.717) is 5.56 Å². The number of aryl methyl sites for hydroxylation is 10. The van der Waals surface area contributed by atoms with E-state index in [2.05, 4.69) is 189 Å². The van der Waals surface area contributed by atoms with E-state index >= 15 is 0 Å². The van der Waals surface area contributed by atoms with Crippen molar-refractivity contribution in [3.05, 3.63) is 256 Å². The standard InChI is InChI=1S/C70H55N4.Ir/c1-46-13-34-68(72-43-46)59-32-33-66(67(39-59)53-28-26-52(27-29-53)58-30-31-60(42-71)47(2)35-58)65-12-4-3-11-64(65)63-37-50(16-14-48-18-22-54(23-19-48)69-40-56-7-5-9-61(56)44-73-69)36-51(38-63)17-15-49-20-24-55(25-21-49)70-41-57-8-6-10-62(57)45-74-70;/h3-4,11-13,18-22,24,26-31,33-41,43-45H,5-10,14-17H2,1-2H3;/q-3;+3. The first-order valence-corrected chi connectivity index (χ1v) is 26.2. The number of hydrogen-bond acceptors (Lipinski definition) is 4. The first-order valence-electron chi connectivity index (χ1n) is 26.2. The van der Waals surface area contributed by atoms with Crippen molar-refractivity contribution in [2.24, 2.45) is 0 Å². The average molecular weight is 1140 g/mol. The molecule has 12 rings (SSSR count). The molecule has 3 aromatic heterocycles. The summed E-state index contributed by atoms with van der Waals surface area (Å²) in [5, 5.41) is 9.59. The van der Waals surface area contributed by atoms with Crippen LogP contribution in [0.2, 0.25) is 0 Å². The van der Waals surface area contributed by atoms with Gasteiger partial charge >= 0.3 is 20.1 Å². The summed E-state index contributed by atoms with van der Waals surface area (Å²) in [4.78, 5) is 14.4. The molecule has 364 valence electrons. The molecule has 2 aliphatic rings. The normalized spacial score (nSPS) is 12.4. The SMILES string of the molecule is Cc1ccc(-c2[c-]cc(-c3ccccc3-c3cc(CCc4c[c-]c(-c5cc6c(cn5)CCC6)cc4)cc(CCc4c[c-]c(-c5cc6c(cn5)CCC6)cc4)c3)c(-c3ccc(-c4ccc(C#N)c(C)c4)cc3)c2)nc1.[Ir+3]. The van der Waals surface area contributed by atoms with Crippen molar-refractivity contribution in [2.75, 3.05) is 0 Å². The third-order valence-corrected chi connectivity index (χ3v) is 15.3. The van der Waals surface area contributed by atoms with Crippen molar-refractivity contribution in [1.82, 2.24) is 15.0 Å². The molecule has 7 aromatic carbocycles. The van der Waals surface area contributed by atoms with Crippen molar-refractivity contribution in [1.29, 1.82) is 5.26 Å². The van der Waals surface area contributed by atoms with E-state index in [4.69, 9.17) is 15.0 Å². The summed E-state index contributed by atoms with van der Waals surface area (Å²) < 4.78 is 0. The summed E-state index contributed by atoms with van der Waals surface area (Å²) in [7, 11) is 0. The van der Waals surface area contributed by atoms with E-state index in [0.717, 1.165) is 130 Å². The van der Waals surface area contributed by atoms with Gasteiger partial charge in [-0.2, -0.15) is 5.26 Å². The molecule has 75 heavy (non-hydrogen) atoms. The largest absolute Gasteiger partial charge is 3.00 e. The molecule has 0 saturated carbocycles. The molecular formula is C70H55IrN4. The zero-order valence-corrected chi connectivity index (χ0v) is 44.8. The maximum atomic E-state index is 9.59. The smallest absolute Gasteiger partial charge is 0.304 e. The predicted octanol–water partition coefficient (Wildman–Crippen LogP) is 16.0. The van der Waals surface area contributed by atoms with Gasteiger partial charge in [0.1, 0.15) is 0 Å². The summed E-state index contributed by atoms with van der Waals surface area (Å²) in [6.07, 6.45) is 16.6. The quantitative estimate of drug-likeness (QED) is 0.108. The Labute approximate surface area is 455 Å². The number of benzene rings is 7. The van der Waals surface area contributed by atoms with E-state index in [1.807, 2.05) is 25.3 Å². The Morgan fingerprint density at radius 1 is 0.427 bits per heavy atom. The van der Waals surface area contributed by atoms with Gasteiger partial charge in [-0.1, -0.05) is 144 Å². The maximum Gasteiger partial charge on any atom is 3.00 e. The number of nitrogens with zero attached hydrogens (tertiary/aromatic N) is 4. The molecule has 10 aromatic rings. The molecule has 0 bridgehead atoms. The van der Waals surface area contributed by atoms with Crippen LogP contribution in [-0.4, -0.2) is 15.0 Å². The van der Waals surface area contributed by atoms with Crippen LogP contribution < -0.4 is 0 Å². The van der Waals surface area contributed by atoms with Crippen LogP contribution in [0.5, 0.6) is 0 Å². The first kappa shape index (κ1) is 49.3. The van der Waals surface area contributed by atoms with Gasteiger partial charge in [-0.3, -0.25) is 0 Å². The Kier molecular flexibility index (Phi) is 14.4. The van der Waals surface area contributed by atoms with Crippen molar-refractivity contribution < 1.29 is 20.1 Å². The molecule has 0 aliphatic heterocycles. The Morgan fingerprint density at radius 3 is 1.56 bits per heavy atom. The summed E-state index contributed by atoms with van der Waals surface area (Å²) >= 11 is 0. The van der Waals surface area contributed by atoms with Gasteiger partial charge in [0.25, 0.3) is 0 Å². The number of fused-ring (bicyclic) bond motifs is 2. The van der Waals surface area contributed by atoms with Crippen LogP contribution >= 0.6 is 0 Å². The number of nitriles is 1. The molecule has 5 heteroatoms. The van der Waals surface area contributed by atoms with Gasteiger partial charge in [0.2, 0.25) is 0 Å². The Hall–Kier alpha value is -7.87. The number of pyridine rings is 3. The number of aromatic nitrogens is 3. The van der Waals surface area contributed by atoms with Gasteiger partial charge < -0.3 is 15.0 Å². The van der Waals surface area contributed by atoms with E-state index in [9.17, 15) is 5.26 Å². The molecule has 0 radical (unpaired) electrons. The molecule has 0 spiro atoms. The third-order valence-electron chi connectivity index (χ3n) is 15.3. The maximum absolute atomic E-state index is 9.59. The second-order valence-corrected chi connectivity index (χ2v) is 20.3. The first-order chi connectivity index (χ1) is 36.4. The predicted molar refractivity (Wildman–Crippen MR) is 300 cm³/mol. The average Bonchev–Trinajstić information content (AvgIpc) is 4.14. The van der Waals surface area contributed by atoms with Gasteiger partial charge in [-0.05, 0) is 150 Å². The summed E-state index contributed by atoms with van der Waals surface area (Å²) in [5.41, 5.74) is 28.6. The minimum Gasteiger partial charge on any atom is -0.304 e. The Balaban J connectivity index is 0.00000602. The van der Waals surface area contributed by atoms with Crippen LogP contribution in [0.25, 0.3) is 78.3 Å². The van der Waals surface area contributed by atoms with Crippen molar-refractivity contribution in [3.63, 3.8) is 0 Å². The molecule has 0 N–H and O–H groups in total. The molecule has 0 amide bonds. The van der Waals surface area contributed by atoms with Crippen LogP contribution in [0, 0.1) is 43.4 Å². The van der Waals surface area contributed by atoms with Crippen molar-refractivity contribution in [3.8, 4) is 84.3 Å². The summed E-state index contributed by atoms with van der Waals surface area (Å²) in [6, 6.07) is 70.4. The van der Waals surface area contributed by atoms with Crippen LogP contribution in [0.1, 0.15) is 74.0 Å². The fourth-order valence-corrected chi connectivity index (χ4v) is 11.0. The molecule has 0 saturated heterocycles. The van der Waals surface area contributed by atoms with Gasteiger partial charge in [0.15, 0.2) is 0 Å². The number of hydrogen-bond donors (Lipinski definition) is 0. The van der Waals surface area contributed by atoms with E-state index < -0.39 is 0 Å². The van der Waals surface area contributed by atoms with Crippen LogP contribution in [-0.2, 0) is 71.5 Å². The van der Waals surface area contributed by atoms with Gasteiger partial charge in [0, 0.05) is 18.6 Å². The van der Waals surface area contributed by atoms with E-state index in [-0.39, 0.29) is 20.1 Å². The van der Waals surface area contributed by atoms with Crippen molar-refractivity contribution >= 4 is 0 Å². The Morgan fingerprint density at radius 2 is 0.987 bits per heavy atom. The molecule has 0 atom stereocenters. The minimum absolute atomic E-state index is 0. The van der Waals surface area contributed by atoms with Gasteiger partial charge in [0.05, 0.1) is 11.6 Å². The molecule has 4 nitrogen and oxygen atoms in total. The number of rotatable bonds is 13. The van der Waals surface area contributed by atoms with Crippen LogP contribution in [0.3, 0.4) is 0 Å². The fourth-order valence-electron chi connectivity index (χ4n) is 11.0. The summed E-state index contributed by atoms with van der Waals surface area (Å²) in [5.74, 6) is 0. The molecule has 3 heterocycles.